The van der Waals surface area contributed by atoms with Gasteiger partial charge in [0.25, 0.3) is 11.7 Å². The molecule has 1 aliphatic rings. The van der Waals surface area contributed by atoms with Crippen molar-refractivity contribution in [3.05, 3.63) is 71.5 Å². The van der Waals surface area contributed by atoms with E-state index in [9.17, 15) is 9.59 Å². The largest absolute Gasteiger partial charge is 0.337 e. The monoisotopic (exact) mass is 362 g/mol. The molecule has 0 radical (unpaired) electrons. The van der Waals surface area contributed by atoms with Crippen LogP contribution in [0.1, 0.15) is 28.2 Å². The summed E-state index contributed by atoms with van der Waals surface area (Å²) in [5.41, 5.74) is 2.84. The number of carbonyl (C=O) groups excluding carboxylic acids is 2. The number of hydrogen-bond acceptors (Lipinski definition) is 5. The van der Waals surface area contributed by atoms with Gasteiger partial charge in [-0.1, -0.05) is 48.5 Å². The first-order valence-electron chi connectivity index (χ1n) is 8.70. The van der Waals surface area contributed by atoms with Gasteiger partial charge in [-0.05, 0) is 35.2 Å². The van der Waals surface area contributed by atoms with Crippen LogP contribution in [0.4, 0.5) is 5.69 Å². The molecule has 0 saturated heterocycles. The fourth-order valence-electron chi connectivity index (χ4n) is 3.02. The highest BCUT2D eigenvalue weighted by atomic mass is 16.2. The maximum Gasteiger partial charge on any atom is 0.293 e. The third-order valence-corrected chi connectivity index (χ3v) is 4.42. The highest BCUT2D eigenvalue weighted by Gasteiger charge is 2.26. The zero-order valence-corrected chi connectivity index (χ0v) is 14.5. The van der Waals surface area contributed by atoms with E-state index in [1.807, 2.05) is 54.6 Å². The number of aryl methyl sites for hydroxylation is 1. The van der Waals surface area contributed by atoms with Crippen LogP contribution in [0, 0.1) is 0 Å². The van der Waals surface area contributed by atoms with Crippen LogP contribution in [-0.4, -0.2) is 38.1 Å². The zero-order chi connectivity index (χ0) is 18.6. The lowest BCUT2D eigenvalue weighted by Crippen LogP contribution is -2.43. The van der Waals surface area contributed by atoms with E-state index >= 15 is 0 Å². The Bertz CT molecular complexity index is 969. The van der Waals surface area contributed by atoms with E-state index in [0.717, 1.165) is 16.8 Å². The SMILES string of the molecule is O=C(NC1CCc2ccccc2NC1=O)c1nnn(Cc2ccccc2)n1. The molecule has 2 aromatic carbocycles. The van der Waals surface area contributed by atoms with E-state index in [1.165, 1.54) is 4.80 Å². The predicted molar refractivity (Wildman–Crippen MR) is 98.0 cm³/mol. The van der Waals surface area contributed by atoms with Gasteiger partial charge in [0.1, 0.15) is 6.04 Å². The van der Waals surface area contributed by atoms with Crippen molar-refractivity contribution in [1.29, 1.82) is 0 Å². The Balaban J connectivity index is 1.41. The minimum Gasteiger partial charge on any atom is -0.337 e. The van der Waals surface area contributed by atoms with Crippen molar-refractivity contribution in [2.45, 2.75) is 25.4 Å². The van der Waals surface area contributed by atoms with Crippen LogP contribution in [0.25, 0.3) is 0 Å². The third-order valence-electron chi connectivity index (χ3n) is 4.42. The Labute approximate surface area is 155 Å². The standard InChI is InChI=1S/C19H18N6O2/c26-18-16(11-10-14-8-4-5-9-15(14)20-18)21-19(27)17-22-24-25(23-17)12-13-6-2-1-3-7-13/h1-9,16H,10-12H2,(H,20,26)(H,21,27). The molecule has 0 spiro atoms. The molecule has 1 unspecified atom stereocenters. The Hall–Kier alpha value is -3.55. The molecule has 0 bridgehead atoms. The summed E-state index contributed by atoms with van der Waals surface area (Å²) >= 11 is 0. The number of nitrogens with zero attached hydrogens (tertiary/aromatic N) is 4. The van der Waals surface area contributed by atoms with Crippen molar-refractivity contribution in [2.24, 2.45) is 0 Å². The molecule has 0 aliphatic carbocycles. The maximum absolute atomic E-state index is 12.4. The number of amides is 2. The Morgan fingerprint density at radius 2 is 1.93 bits per heavy atom. The normalized spacial score (nSPS) is 16.1. The quantitative estimate of drug-likeness (QED) is 0.731. The van der Waals surface area contributed by atoms with Crippen molar-refractivity contribution < 1.29 is 9.59 Å². The Morgan fingerprint density at radius 3 is 2.78 bits per heavy atom. The fraction of sp³-hybridized carbons (Fsp3) is 0.211. The van der Waals surface area contributed by atoms with Gasteiger partial charge in [-0.15, -0.1) is 10.2 Å². The number of para-hydroxylation sites is 1. The Morgan fingerprint density at radius 1 is 1.15 bits per heavy atom. The topological polar surface area (TPSA) is 102 Å². The molecule has 4 rings (SSSR count). The number of hydrogen-bond donors (Lipinski definition) is 2. The summed E-state index contributed by atoms with van der Waals surface area (Å²) in [7, 11) is 0. The average molecular weight is 362 g/mol. The molecule has 3 aromatic rings. The fourth-order valence-corrected chi connectivity index (χ4v) is 3.02. The molecule has 0 saturated carbocycles. The van der Waals surface area contributed by atoms with Gasteiger partial charge >= 0.3 is 0 Å². The van der Waals surface area contributed by atoms with Crippen LogP contribution in [0.15, 0.2) is 54.6 Å². The second-order valence-corrected chi connectivity index (χ2v) is 6.34. The zero-order valence-electron chi connectivity index (χ0n) is 14.5. The molecule has 1 aromatic heterocycles. The van der Waals surface area contributed by atoms with E-state index < -0.39 is 11.9 Å². The number of anilines is 1. The van der Waals surface area contributed by atoms with Crippen LogP contribution in [0.3, 0.4) is 0 Å². The molecule has 0 fully saturated rings. The smallest absolute Gasteiger partial charge is 0.293 e. The molecule has 1 aliphatic heterocycles. The Kier molecular flexibility index (Phi) is 4.61. The van der Waals surface area contributed by atoms with E-state index in [1.54, 1.807) is 0 Å². The summed E-state index contributed by atoms with van der Waals surface area (Å²) in [5.74, 6) is -0.814. The van der Waals surface area contributed by atoms with Gasteiger partial charge in [0.15, 0.2) is 0 Å². The number of benzene rings is 2. The number of nitrogens with one attached hydrogen (secondary N) is 2. The molecule has 1 atom stereocenters. The first-order chi connectivity index (χ1) is 13.2. The average Bonchev–Trinajstić information content (AvgIpc) is 3.09. The lowest BCUT2D eigenvalue weighted by molar-refractivity contribution is -0.118. The van der Waals surface area contributed by atoms with Crippen molar-refractivity contribution in [1.82, 2.24) is 25.5 Å². The summed E-state index contributed by atoms with van der Waals surface area (Å²) in [6.45, 7) is 0.417. The summed E-state index contributed by atoms with van der Waals surface area (Å²) < 4.78 is 0. The minimum absolute atomic E-state index is 0.0551. The lowest BCUT2D eigenvalue weighted by atomic mass is 10.1. The van der Waals surface area contributed by atoms with Gasteiger partial charge in [-0.2, -0.15) is 4.80 Å². The lowest BCUT2D eigenvalue weighted by Gasteiger charge is -2.13. The summed E-state index contributed by atoms with van der Waals surface area (Å²) in [5, 5.41) is 17.4. The van der Waals surface area contributed by atoms with Crippen molar-refractivity contribution >= 4 is 17.5 Å². The number of fused-ring (bicyclic) bond motifs is 1. The van der Waals surface area contributed by atoms with Gasteiger partial charge < -0.3 is 10.6 Å². The van der Waals surface area contributed by atoms with Crippen LogP contribution in [0.5, 0.6) is 0 Å². The first kappa shape index (κ1) is 16.9. The highest BCUT2D eigenvalue weighted by molar-refractivity contribution is 6.00. The third kappa shape index (κ3) is 3.84. The van der Waals surface area contributed by atoms with Crippen LogP contribution >= 0.6 is 0 Å². The molecule has 8 nitrogen and oxygen atoms in total. The van der Waals surface area contributed by atoms with E-state index in [0.29, 0.717) is 19.4 Å². The molecular weight excluding hydrogens is 344 g/mol. The number of rotatable bonds is 4. The predicted octanol–water partition coefficient (Wildman–Crippen LogP) is 1.40. The van der Waals surface area contributed by atoms with E-state index in [-0.39, 0.29) is 11.7 Å². The molecule has 8 heteroatoms. The number of tetrazole rings is 1. The van der Waals surface area contributed by atoms with Crippen molar-refractivity contribution in [2.75, 3.05) is 5.32 Å². The van der Waals surface area contributed by atoms with Gasteiger partial charge in [0.2, 0.25) is 5.91 Å². The summed E-state index contributed by atoms with van der Waals surface area (Å²) in [6, 6.07) is 16.6. The maximum atomic E-state index is 12.4. The van der Waals surface area contributed by atoms with Gasteiger partial charge in [-0.3, -0.25) is 9.59 Å². The molecule has 2 N–H and O–H groups in total. The second-order valence-electron chi connectivity index (χ2n) is 6.34. The molecular formula is C19H18N6O2. The molecule has 136 valence electrons. The van der Waals surface area contributed by atoms with Gasteiger partial charge in [0, 0.05) is 5.69 Å². The van der Waals surface area contributed by atoms with Crippen LogP contribution < -0.4 is 10.6 Å². The second kappa shape index (κ2) is 7.36. The van der Waals surface area contributed by atoms with Gasteiger partial charge in [-0.25, -0.2) is 0 Å². The first-order valence-corrected chi connectivity index (χ1v) is 8.70. The van der Waals surface area contributed by atoms with Crippen molar-refractivity contribution in [3.63, 3.8) is 0 Å². The van der Waals surface area contributed by atoms with Gasteiger partial charge in [0.05, 0.1) is 6.54 Å². The summed E-state index contributed by atoms with van der Waals surface area (Å²) in [4.78, 5) is 26.2. The molecule has 2 amide bonds. The van der Waals surface area contributed by atoms with Crippen molar-refractivity contribution in [3.8, 4) is 0 Å². The molecule has 27 heavy (non-hydrogen) atoms. The number of aromatic nitrogens is 4. The van der Waals surface area contributed by atoms with E-state index in [2.05, 4.69) is 26.0 Å². The summed E-state index contributed by atoms with van der Waals surface area (Å²) in [6.07, 6.45) is 1.20. The highest BCUT2D eigenvalue weighted by Crippen LogP contribution is 2.21. The number of carbonyl (C=O) groups is 2. The molecule has 2 heterocycles. The van der Waals surface area contributed by atoms with Crippen LogP contribution in [-0.2, 0) is 17.8 Å². The minimum atomic E-state index is -0.647. The van der Waals surface area contributed by atoms with Crippen LogP contribution in [0.2, 0.25) is 0 Å². The van der Waals surface area contributed by atoms with E-state index in [4.69, 9.17) is 0 Å².